The molecular formula is C46H68O12. The molecule has 0 fully saturated rings. The average Bonchev–Trinajstić information content (AvgIpc) is 3.19. The van der Waals surface area contributed by atoms with Crippen LogP contribution in [0.5, 0.6) is 34.5 Å². The molecule has 1 aliphatic carbocycles. The highest BCUT2D eigenvalue weighted by Gasteiger charge is 2.40. The van der Waals surface area contributed by atoms with E-state index in [1.165, 1.54) is 0 Å². The first-order chi connectivity index (χ1) is 28.2. The van der Waals surface area contributed by atoms with Gasteiger partial charge in [0, 0.05) is 24.0 Å². The van der Waals surface area contributed by atoms with Crippen LogP contribution in [0.3, 0.4) is 0 Å². The highest BCUT2D eigenvalue weighted by molar-refractivity contribution is 6.31. The van der Waals surface area contributed by atoms with Gasteiger partial charge in [-0.05, 0) is 63.5 Å². The second-order valence-electron chi connectivity index (χ2n) is 14.9. The Labute approximate surface area is 345 Å². The van der Waals surface area contributed by atoms with Crippen LogP contribution < -0.4 is 28.4 Å². The number of rotatable bonds is 34. The Morgan fingerprint density at radius 1 is 0.414 bits per heavy atom. The summed E-state index contributed by atoms with van der Waals surface area (Å²) in [6.07, 6.45) is 14.3. The van der Waals surface area contributed by atoms with Gasteiger partial charge in [0.2, 0.25) is 11.5 Å². The van der Waals surface area contributed by atoms with Crippen LogP contribution in [0.15, 0.2) is 12.1 Å². The van der Waals surface area contributed by atoms with Gasteiger partial charge < -0.3 is 38.6 Å². The molecule has 0 atom stereocenters. The second-order valence-corrected chi connectivity index (χ2v) is 14.9. The van der Waals surface area contributed by atoms with Crippen LogP contribution in [0.1, 0.15) is 188 Å². The molecule has 0 heterocycles. The van der Waals surface area contributed by atoms with Crippen LogP contribution in [0.4, 0.5) is 0 Å². The monoisotopic (exact) mass is 812 g/mol. The SMILES string of the molecule is CCCCOc1cc2c(c(OCCCCCCCC(=O)O)c1OCCCC)C(=O)c1cc(OCCCC)c(OCCCC)c(OCCCCCCCC(=O)O)c1C2=O. The summed E-state index contributed by atoms with van der Waals surface area (Å²) in [6.45, 7) is 10.2. The summed E-state index contributed by atoms with van der Waals surface area (Å²) in [5, 5.41) is 18.0. The zero-order valence-corrected chi connectivity index (χ0v) is 35.5. The van der Waals surface area contributed by atoms with Gasteiger partial charge in [-0.2, -0.15) is 0 Å². The van der Waals surface area contributed by atoms with Crippen LogP contribution >= 0.6 is 0 Å². The molecule has 0 amide bonds. The highest BCUT2D eigenvalue weighted by Crippen LogP contribution is 2.51. The van der Waals surface area contributed by atoms with Gasteiger partial charge in [-0.25, -0.2) is 0 Å². The van der Waals surface area contributed by atoms with E-state index in [0.717, 1.165) is 89.9 Å². The molecule has 0 unspecified atom stereocenters. The summed E-state index contributed by atoms with van der Waals surface area (Å²) in [7, 11) is 0. The molecule has 324 valence electrons. The Kier molecular flexibility index (Phi) is 22.5. The lowest BCUT2D eigenvalue weighted by molar-refractivity contribution is -0.138. The van der Waals surface area contributed by atoms with E-state index in [0.29, 0.717) is 75.1 Å². The fourth-order valence-electron chi connectivity index (χ4n) is 6.53. The van der Waals surface area contributed by atoms with Gasteiger partial charge in [-0.1, -0.05) is 91.9 Å². The number of carboxylic acid groups (broad SMARTS) is 2. The number of ether oxygens (including phenoxy) is 6. The summed E-state index contributed by atoms with van der Waals surface area (Å²) in [4.78, 5) is 51.8. The Bertz CT molecular complexity index is 1480. The van der Waals surface area contributed by atoms with Crippen molar-refractivity contribution in [1.29, 1.82) is 0 Å². The lowest BCUT2D eigenvalue weighted by atomic mass is 9.82. The smallest absolute Gasteiger partial charge is 0.303 e. The Morgan fingerprint density at radius 2 is 0.707 bits per heavy atom. The molecule has 0 saturated carbocycles. The van der Waals surface area contributed by atoms with E-state index >= 15 is 0 Å². The van der Waals surface area contributed by atoms with Crippen molar-refractivity contribution in [2.45, 2.75) is 156 Å². The fraction of sp³-hybridized carbons (Fsp3) is 0.652. The van der Waals surface area contributed by atoms with Gasteiger partial charge in [0.15, 0.2) is 34.6 Å². The maximum Gasteiger partial charge on any atom is 0.303 e. The predicted octanol–water partition coefficient (Wildman–Crippen LogP) is 10.8. The van der Waals surface area contributed by atoms with Crippen LogP contribution in [-0.2, 0) is 9.59 Å². The van der Waals surface area contributed by atoms with Crippen molar-refractivity contribution >= 4 is 23.5 Å². The van der Waals surface area contributed by atoms with Gasteiger partial charge >= 0.3 is 11.9 Å². The van der Waals surface area contributed by atoms with Gasteiger partial charge in [0.25, 0.3) is 0 Å². The van der Waals surface area contributed by atoms with Crippen molar-refractivity contribution in [2.24, 2.45) is 0 Å². The van der Waals surface area contributed by atoms with E-state index in [1.54, 1.807) is 12.1 Å². The second kappa shape index (κ2) is 27.3. The van der Waals surface area contributed by atoms with Gasteiger partial charge in [0.05, 0.1) is 50.8 Å². The number of ketones is 2. The Hall–Kier alpha value is -4.48. The number of aliphatic carboxylic acids is 2. The number of fused-ring (bicyclic) bond motifs is 2. The maximum atomic E-state index is 15.0. The number of benzene rings is 2. The summed E-state index contributed by atoms with van der Waals surface area (Å²) >= 11 is 0. The van der Waals surface area contributed by atoms with Crippen molar-refractivity contribution in [1.82, 2.24) is 0 Å². The molecule has 0 radical (unpaired) electrons. The number of hydrogen-bond acceptors (Lipinski definition) is 10. The van der Waals surface area contributed by atoms with Crippen molar-refractivity contribution < 1.29 is 57.8 Å². The largest absolute Gasteiger partial charge is 0.490 e. The molecule has 0 saturated heterocycles. The summed E-state index contributed by atoms with van der Waals surface area (Å²) in [5.74, 6) is -0.816. The zero-order valence-electron chi connectivity index (χ0n) is 35.5. The third-order valence-corrected chi connectivity index (χ3v) is 9.91. The first-order valence-electron chi connectivity index (χ1n) is 21.9. The normalized spacial score (nSPS) is 11.9. The maximum absolute atomic E-state index is 15.0. The molecule has 12 nitrogen and oxygen atoms in total. The quantitative estimate of drug-likeness (QED) is 0.0549. The Morgan fingerprint density at radius 3 is 1.05 bits per heavy atom. The van der Waals surface area contributed by atoms with E-state index in [4.69, 9.17) is 38.6 Å². The minimum absolute atomic E-state index is 0.111. The summed E-state index contributed by atoms with van der Waals surface area (Å²) in [5.41, 5.74) is 0.496. The molecule has 0 aromatic heterocycles. The number of carbonyl (C=O) groups is 4. The lowest BCUT2D eigenvalue weighted by Crippen LogP contribution is -2.25. The van der Waals surface area contributed by atoms with Crippen LogP contribution in [-0.4, -0.2) is 73.4 Å². The minimum Gasteiger partial charge on any atom is -0.490 e. The molecule has 2 N–H and O–H groups in total. The minimum atomic E-state index is -0.800. The van der Waals surface area contributed by atoms with E-state index in [-0.39, 0.29) is 59.8 Å². The molecule has 1 aliphatic rings. The first kappa shape index (κ1) is 47.9. The third kappa shape index (κ3) is 15.0. The Balaban J connectivity index is 2.12. The standard InChI is InChI=1S/C46H68O12/c1-5-9-25-53-35-31-33-39(45(43(35)55-27-11-7-3)57-29-21-17-13-15-19-23-37(47)48)42(52)34-32-36(54-26-10-6-2)44(56-28-12-8-4)46(40(34)41(33)51)58-30-22-18-14-16-20-24-38(49)50/h31-32H,5-30H2,1-4H3,(H,47,48)(H,49,50). The molecule has 0 aliphatic heterocycles. The molecule has 2 aromatic carbocycles. The highest BCUT2D eigenvalue weighted by atomic mass is 16.5. The summed E-state index contributed by atoms with van der Waals surface area (Å²) in [6, 6.07) is 3.21. The number of unbranched alkanes of at least 4 members (excludes halogenated alkanes) is 12. The van der Waals surface area contributed by atoms with Gasteiger partial charge in [0.1, 0.15) is 0 Å². The molecule has 2 aromatic rings. The van der Waals surface area contributed by atoms with E-state index in [9.17, 15) is 19.2 Å². The lowest BCUT2D eigenvalue weighted by Gasteiger charge is -2.27. The summed E-state index contributed by atoms with van der Waals surface area (Å²) < 4.78 is 38.2. The molecule has 0 spiro atoms. The van der Waals surface area contributed by atoms with E-state index in [2.05, 4.69) is 27.7 Å². The van der Waals surface area contributed by atoms with Crippen LogP contribution in [0.2, 0.25) is 0 Å². The van der Waals surface area contributed by atoms with Crippen molar-refractivity contribution in [3.63, 3.8) is 0 Å². The van der Waals surface area contributed by atoms with Crippen molar-refractivity contribution in [2.75, 3.05) is 39.6 Å². The molecule has 0 bridgehead atoms. The third-order valence-electron chi connectivity index (χ3n) is 9.91. The molecule has 12 heteroatoms. The van der Waals surface area contributed by atoms with Crippen molar-refractivity contribution in [3.05, 3.63) is 34.4 Å². The predicted molar refractivity (Wildman–Crippen MR) is 223 cm³/mol. The van der Waals surface area contributed by atoms with Gasteiger partial charge in [-0.15, -0.1) is 0 Å². The fourth-order valence-corrected chi connectivity index (χ4v) is 6.53. The molecule has 3 rings (SSSR count). The van der Waals surface area contributed by atoms with E-state index < -0.39 is 23.5 Å². The number of carbonyl (C=O) groups excluding carboxylic acids is 2. The van der Waals surface area contributed by atoms with Crippen LogP contribution in [0, 0.1) is 0 Å². The molecule has 58 heavy (non-hydrogen) atoms. The van der Waals surface area contributed by atoms with Crippen molar-refractivity contribution in [3.8, 4) is 34.5 Å². The van der Waals surface area contributed by atoms with Gasteiger partial charge in [-0.3, -0.25) is 19.2 Å². The van der Waals surface area contributed by atoms with E-state index in [1.807, 2.05) is 0 Å². The first-order valence-corrected chi connectivity index (χ1v) is 21.9. The number of hydrogen-bond donors (Lipinski definition) is 2. The zero-order chi connectivity index (χ0) is 42.1. The number of carboxylic acids is 2. The topological polar surface area (TPSA) is 164 Å². The van der Waals surface area contributed by atoms with Crippen LogP contribution in [0.25, 0.3) is 0 Å². The average molecular weight is 813 g/mol. The molecular weight excluding hydrogens is 744 g/mol.